The number of hydrogen-bond acceptors (Lipinski definition) is 2. The van der Waals surface area contributed by atoms with Crippen molar-refractivity contribution in [3.8, 4) is 0 Å². The summed E-state index contributed by atoms with van der Waals surface area (Å²) in [6, 6.07) is 0.854. The zero-order chi connectivity index (χ0) is 14.0. The van der Waals surface area contributed by atoms with Crippen LogP contribution in [0.3, 0.4) is 0 Å². The van der Waals surface area contributed by atoms with Crippen LogP contribution >= 0.6 is 11.6 Å². The maximum atomic E-state index is 12.4. The lowest BCUT2D eigenvalue weighted by molar-refractivity contribution is -0.137. The third-order valence-electron chi connectivity index (χ3n) is 2.85. The predicted octanol–water partition coefficient (Wildman–Crippen LogP) is 2.82. The first-order valence-corrected chi connectivity index (χ1v) is 6.25. The Labute approximate surface area is 113 Å². The van der Waals surface area contributed by atoms with E-state index in [0.29, 0.717) is 18.7 Å². The molecule has 104 valence electrons. The van der Waals surface area contributed by atoms with Crippen LogP contribution in [0.2, 0.25) is 5.02 Å². The fourth-order valence-electron chi connectivity index (χ4n) is 1.60. The molecule has 19 heavy (non-hydrogen) atoms. The summed E-state index contributed by atoms with van der Waals surface area (Å²) >= 11 is 5.75. The Kier molecular flexibility index (Phi) is 3.99. The van der Waals surface area contributed by atoms with E-state index in [1.165, 1.54) is 0 Å². The van der Waals surface area contributed by atoms with E-state index in [9.17, 15) is 18.0 Å². The van der Waals surface area contributed by atoms with Crippen molar-refractivity contribution in [3.05, 3.63) is 28.5 Å². The van der Waals surface area contributed by atoms with Crippen LogP contribution in [0.15, 0.2) is 12.3 Å². The van der Waals surface area contributed by atoms with Crippen molar-refractivity contribution in [1.82, 2.24) is 10.3 Å². The maximum Gasteiger partial charge on any atom is 0.417 e. The minimum Gasteiger partial charge on any atom is -0.355 e. The van der Waals surface area contributed by atoms with Crippen LogP contribution in [0.25, 0.3) is 0 Å². The third-order valence-corrected chi connectivity index (χ3v) is 3.18. The molecule has 0 radical (unpaired) electrons. The van der Waals surface area contributed by atoms with Gasteiger partial charge in [0.05, 0.1) is 16.3 Å². The lowest BCUT2D eigenvalue weighted by atomic mass is 10.2. The first-order chi connectivity index (χ1) is 8.88. The molecule has 7 heteroatoms. The summed E-state index contributed by atoms with van der Waals surface area (Å²) in [7, 11) is 0. The molecule has 2 rings (SSSR count). The zero-order valence-electron chi connectivity index (χ0n) is 9.93. The van der Waals surface area contributed by atoms with Gasteiger partial charge in [-0.1, -0.05) is 11.6 Å². The summed E-state index contributed by atoms with van der Waals surface area (Å²) in [5.74, 6) is 0.0964. The highest BCUT2D eigenvalue weighted by atomic mass is 35.5. The predicted molar refractivity (Wildman–Crippen MR) is 63.7 cm³/mol. The molecule has 0 aromatic carbocycles. The lowest BCUT2D eigenvalue weighted by Gasteiger charge is -2.09. The molecular weight excluding hydrogens is 281 g/mol. The van der Waals surface area contributed by atoms with E-state index in [-0.39, 0.29) is 16.8 Å². The number of alkyl halides is 3. The van der Waals surface area contributed by atoms with Crippen molar-refractivity contribution in [2.24, 2.45) is 5.92 Å². The normalized spacial score (nSPS) is 15.4. The fourth-order valence-corrected chi connectivity index (χ4v) is 1.86. The number of aromatic nitrogens is 1. The van der Waals surface area contributed by atoms with E-state index < -0.39 is 11.7 Å². The number of pyridine rings is 1. The average molecular weight is 293 g/mol. The van der Waals surface area contributed by atoms with Crippen molar-refractivity contribution in [2.75, 3.05) is 6.54 Å². The minimum absolute atomic E-state index is 0.0111. The van der Waals surface area contributed by atoms with Gasteiger partial charge in [-0.3, -0.25) is 9.78 Å². The van der Waals surface area contributed by atoms with Crippen LogP contribution in [-0.2, 0) is 17.4 Å². The summed E-state index contributed by atoms with van der Waals surface area (Å²) in [5.41, 5.74) is -0.519. The fraction of sp³-hybridized carbons (Fsp3) is 0.500. The largest absolute Gasteiger partial charge is 0.417 e. The first kappa shape index (κ1) is 14.1. The van der Waals surface area contributed by atoms with Gasteiger partial charge in [-0.2, -0.15) is 13.2 Å². The summed E-state index contributed by atoms with van der Waals surface area (Å²) < 4.78 is 37.2. The molecule has 1 aromatic rings. The molecule has 1 N–H and O–H groups in total. The second-order valence-corrected chi connectivity index (χ2v) is 4.87. The molecule has 0 saturated heterocycles. The maximum absolute atomic E-state index is 12.4. The quantitative estimate of drug-likeness (QED) is 0.927. The van der Waals surface area contributed by atoms with Gasteiger partial charge in [0, 0.05) is 25.1 Å². The number of nitrogens with one attached hydrogen (secondary N) is 1. The van der Waals surface area contributed by atoms with E-state index in [1.54, 1.807) is 0 Å². The van der Waals surface area contributed by atoms with Gasteiger partial charge >= 0.3 is 6.18 Å². The minimum atomic E-state index is -4.45. The monoisotopic (exact) mass is 292 g/mol. The number of nitrogens with zero attached hydrogens (tertiary/aromatic N) is 1. The van der Waals surface area contributed by atoms with Gasteiger partial charge < -0.3 is 5.32 Å². The number of carbonyl (C=O) groups is 1. The molecule has 1 aliphatic carbocycles. The molecule has 3 nitrogen and oxygen atoms in total. The zero-order valence-corrected chi connectivity index (χ0v) is 10.7. The lowest BCUT2D eigenvalue weighted by Crippen LogP contribution is -2.27. The highest BCUT2D eigenvalue weighted by molar-refractivity contribution is 6.31. The molecule has 1 saturated carbocycles. The van der Waals surface area contributed by atoms with E-state index in [4.69, 9.17) is 11.6 Å². The van der Waals surface area contributed by atoms with Crippen molar-refractivity contribution in [3.63, 3.8) is 0 Å². The number of amides is 1. The van der Waals surface area contributed by atoms with Crippen LogP contribution < -0.4 is 5.32 Å². The smallest absolute Gasteiger partial charge is 0.355 e. The van der Waals surface area contributed by atoms with Crippen molar-refractivity contribution in [2.45, 2.75) is 25.4 Å². The highest BCUT2D eigenvalue weighted by Gasteiger charge is 2.31. The number of rotatable bonds is 4. The topological polar surface area (TPSA) is 42.0 Å². The molecule has 1 amide bonds. The van der Waals surface area contributed by atoms with Gasteiger partial charge in [-0.05, 0) is 18.9 Å². The van der Waals surface area contributed by atoms with Crippen molar-refractivity contribution < 1.29 is 18.0 Å². The van der Waals surface area contributed by atoms with Gasteiger partial charge in [-0.15, -0.1) is 0 Å². The Hall–Kier alpha value is -1.30. The SMILES string of the molecule is O=C(NCCc1ncc(C(F)(F)F)cc1Cl)C1CC1. The van der Waals surface area contributed by atoms with Gasteiger partial charge in [0.15, 0.2) is 0 Å². The van der Waals surface area contributed by atoms with Crippen molar-refractivity contribution in [1.29, 1.82) is 0 Å². The molecule has 1 fully saturated rings. The average Bonchev–Trinajstić information content (AvgIpc) is 3.13. The van der Waals surface area contributed by atoms with Crippen LogP contribution in [0, 0.1) is 5.92 Å². The van der Waals surface area contributed by atoms with E-state index in [0.717, 1.165) is 25.1 Å². The van der Waals surface area contributed by atoms with Gasteiger partial charge in [-0.25, -0.2) is 0 Å². The second-order valence-electron chi connectivity index (χ2n) is 4.47. The molecular formula is C12H12ClF3N2O. The standard InChI is InChI=1S/C12H12ClF3N2O/c13-9-5-8(12(14,15)16)6-18-10(9)3-4-17-11(19)7-1-2-7/h5-7H,1-4H2,(H,17,19). The van der Waals surface area contributed by atoms with Crippen molar-refractivity contribution >= 4 is 17.5 Å². The highest BCUT2D eigenvalue weighted by Crippen LogP contribution is 2.31. The van der Waals surface area contributed by atoms with E-state index in [1.807, 2.05) is 0 Å². The van der Waals surface area contributed by atoms with Crippen LogP contribution in [0.5, 0.6) is 0 Å². The Morgan fingerprint density at radius 3 is 2.68 bits per heavy atom. The number of carbonyl (C=O) groups excluding carboxylic acids is 1. The van der Waals surface area contributed by atoms with Gasteiger partial charge in [0.1, 0.15) is 0 Å². The molecule has 1 aliphatic rings. The summed E-state index contributed by atoms with van der Waals surface area (Å²) in [4.78, 5) is 15.1. The first-order valence-electron chi connectivity index (χ1n) is 5.87. The van der Waals surface area contributed by atoms with E-state index >= 15 is 0 Å². The van der Waals surface area contributed by atoms with Crippen LogP contribution in [0.1, 0.15) is 24.1 Å². The molecule has 1 aromatic heterocycles. The Bertz CT molecular complexity index is 486. The van der Waals surface area contributed by atoms with Gasteiger partial charge in [0.25, 0.3) is 0 Å². The summed E-state index contributed by atoms with van der Waals surface area (Å²) in [5, 5.41) is 2.67. The molecule has 0 bridgehead atoms. The Balaban J connectivity index is 1.91. The van der Waals surface area contributed by atoms with Crippen LogP contribution in [-0.4, -0.2) is 17.4 Å². The Morgan fingerprint density at radius 1 is 1.47 bits per heavy atom. The molecule has 0 spiro atoms. The van der Waals surface area contributed by atoms with E-state index in [2.05, 4.69) is 10.3 Å². The molecule has 0 unspecified atom stereocenters. The Morgan fingerprint density at radius 2 is 2.16 bits per heavy atom. The molecule has 0 atom stereocenters. The molecule has 0 aliphatic heterocycles. The number of hydrogen-bond donors (Lipinski definition) is 1. The van der Waals surface area contributed by atoms with Crippen LogP contribution in [0.4, 0.5) is 13.2 Å². The second kappa shape index (κ2) is 5.36. The summed E-state index contributed by atoms with van der Waals surface area (Å²) in [6.07, 6.45) is -1.56. The molecule has 1 heterocycles. The van der Waals surface area contributed by atoms with Gasteiger partial charge in [0.2, 0.25) is 5.91 Å². The summed E-state index contributed by atoms with van der Waals surface area (Å²) in [6.45, 7) is 0.327. The third kappa shape index (κ3) is 3.83. The number of halogens is 4.